The molecule has 0 bridgehead atoms. The summed E-state index contributed by atoms with van der Waals surface area (Å²) in [5, 5.41) is 0. The van der Waals surface area contributed by atoms with Crippen molar-refractivity contribution < 1.29 is 47.3 Å². The van der Waals surface area contributed by atoms with E-state index >= 15 is 0 Å². The number of allylic oxidation sites excluding steroid dienone is 2. The maximum Gasteiger partial charge on any atom is 0.310 e. The van der Waals surface area contributed by atoms with Crippen LogP contribution in [0.2, 0.25) is 0 Å². The van der Waals surface area contributed by atoms with Crippen molar-refractivity contribution in [2.45, 2.75) is 97.5 Å². The van der Waals surface area contributed by atoms with Gasteiger partial charge in [0.25, 0.3) is 5.88 Å². The van der Waals surface area contributed by atoms with Crippen LogP contribution in [0.25, 0.3) is 5.57 Å². The van der Waals surface area contributed by atoms with E-state index in [0.717, 1.165) is 68.1 Å². The number of nitrogens with zero attached hydrogens (tertiary/aromatic N) is 3. The third-order valence-electron chi connectivity index (χ3n) is 7.21. The number of carbonyl (C=O) groups is 4. The minimum atomic E-state index is -1.01. The summed E-state index contributed by atoms with van der Waals surface area (Å²) in [6, 6.07) is 0. The highest BCUT2D eigenvalue weighted by Gasteiger charge is 2.31. The first-order valence-corrected chi connectivity index (χ1v) is 17.4. The van der Waals surface area contributed by atoms with Crippen LogP contribution < -0.4 is 4.74 Å². The summed E-state index contributed by atoms with van der Waals surface area (Å²) in [7, 11) is 2.00. The quantitative estimate of drug-likeness (QED) is 0.0461. The first-order valence-electron chi connectivity index (χ1n) is 16.6. The molecule has 1 aliphatic heterocycles. The van der Waals surface area contributed by atoms with Crippen LogP contribution in [0.5, 0.6) is 5.88 Å². The molecule has 0 radical (unpaired) electrons. The molecule has 262 valence electrons. The summed E-state index contributed by atoms with van der Waals surface area (Å²) in [6.45, 7) is 7.60. The molecule has 0 N–H and O–H groups in total. The van der Waals surface area contributed by atoms with E-state index in [-0.39, 0.29) is 45.6 Å². The van der Waals surface area contributed by atoms with Gasteiger partial charge in [0.1, 0.15) is 25.5 Å². The van der Waals surface area contributed by atoms with Crippen LogP contribution in [0.4, 0.5) is 0 Å². The Morgan fingerprint density at radius 2 is 1.51 bits per heavy atom. The second-order valence-corrected chi connectivity index (χ2v) is 12.2. The van der Waals surface area contributed by atoms with Gasteiger partial charge in [0, 0.05) is 12.0 Å². The Bertz CT molecular complexity index is 1180. The fourth-order valence-corrected chi connectivity index (χ4v) is 5.13. The Balaban J connectivity index is 1.83. The molecular weight excluding hydrogens is 626 g/mol. The van der Waals surface area contributed by atoms with Gasteiger partial charge in [-0.15, -0.1) is 4.37 Å². The second kappa shape index (κ2) is 22.9. The number of hydrogen-bond acceptors (Lipinski definition) is 12. The highest BCUT2D eigenvalue weighted by atomic mass is 32.1. The Morgan fingerprint density at radius 3 is 2.15 bits per heavy atom. The normalized spacial score (nSPS) is 16.3. The number of aromatic nitrogens is 2. The van der Waals surface area contributed by atoms with Crippen LogP contribution in [-0.2, 0) is 38.1 Å². The van der Waals surface area contributed by atoms with E-state index in [9.17, 15) is 19.2 Å². The number of quaternary nitrogens is 1. The lowest BCUT2D eigenvalue weighted by Gasteiger charge is -2.36. The topological polar surface area (TPSA) is 140 Å². The molecule has 0 aromatic carbocycles. The van der Waals surface area contributed by atoms with Crippen LogP contribution >= 0.6 is 11.7 Å². The van der Waals surface area contributed by atoms with Crippen LogP contribution in [0.3, 0.4) is 0 Å². The summed E-state index contributed by atoms with van der Waals surface area (Å²) in [5.74, 6) is -1.69. The van der Waals surface area contributed by atoms with Gasteiger partial charge in [-0.05, 0) is 19.3 Å². The molecule has 0 fully saturated rings. The molecule has 0 aliphatic carbocycles. The summed E-state index contributed by atoms with van der Waals surface area (Å²) in [6.07, 6.45) is 14.7. The number of ether oxygens (including phenoxy) is 5. The van der Waals surface area contributed by atoms with Gasteiger partial charge >= 0.3 is 23.9 Å². The predicted molar refractivity (Wildman–Crippen MR) is 178 cm³/mol. The van der Waals surface area contributed by atoms with E-state index in [4.69, 9.17) is 23.7 Å². The molecule has 1 aromatic rings. The molecule has 2 heterocycles. The zero-order chi connectivity index (χ0) is 34.3. The van der Waals surface area contributed by atoms with E-state index in [1.54, 1.807) is 12.2 Å². The summed E-state index contributed by atoms with van der Waals surface area (Å²) in [4.78, 5) is 49.3. The Hall–Kier alpha value is -3.58. The highest BCUT2D eigenvalue weighted by molar-refractivity contribution is 6.99. The summed E-state index contributed by atoms with van der Waals surface area (Å²) in [5.41, 5.74) is 1.75. The Labute approximate surface area is 283 Å². The van der Waals surface area contributed by atoms with E-state index < -0.39 is 30.0 Å². The van der Waals surface area contributed by atoms with Crippen LogP contribution in [-0.4, -0.2) is 89.9 Å². The summed E-state index contributed by atoms with van der Waals surface area (Å²) < 4.78 is 36.6. The third kappa shape index (κ3) is 16.7. The van der Waals surface area contributed by atoms with E-state index in [1.165, 1.54) is 6.42 Å². The average molecular weight is 679 g/mol. The van der Waals surface area contributed by atoms with Gasteiger partial charge in [0.2, 0.25) is 6.73 Å². The van der Waals surface area contributed by atoms with Crippen molar-refractivity contribution in [1.82, 2.24) is 8.75 Å². The monoisotopic (exact) mass is 678 g/mol. The molecule has 0 saturated carbocycles. The van der Waals surface area contributed by atoms with Gasteiger partial charge < -0.3 is 23.7 Å². The molecule has 1 aliphatic rings. The smallest absolute Gasteiger partial charge is 0.310 e. The van der Waals surface area contributed by atoms with Crippen molar-refractivity contribution >= 4 is 41.2 Å². The molecular formula is C34H52N3O9S+. The molecule has 0 amide bonds. The van der Waals surface area contributed by atoms with Gasteiger partial charge in [-0.3, -0.25) is 23.7 Å². The van der Waals surface area contributed by atoms with Crippen molar-refractivity contribution in [1.29, 1.82) is 0 Å². The lowest BCUT2D eigenvalue weighted by atomic mass is 10.1. The minimum absolute atomic E-state index is 0.0748. The van der Waals surface area contributed by atoms with Gasteiger partial charge in [-0.25, -0.2) is 0 Å². The van der Waals surface area contributed by atoms with Crippen molar-refractivity contribution in [2.75, 3.05) is 46.7 Å². The van der Waals surface area contributed by atoms with Crippen molar-refractivity contribution in [3.8, 4) is 5.88 Å². The zero-order valence-electron chi connectivity index (χ0n) is 28.4. The number of unbranched alkanes of at least 4 members (excludes halogenated alkanes) is 3. The Kier molecular flexibility index (Phi) is 19.3. The third-order valence-corrected chi connectivity index (χ3v) is 7.73. The fraction of sp³-hybridized carbons (Fsp3) is 0.647. The van der Waals surface area contributed by atoms with Crippen LogP contribution in [0.1, 0.15) is 97.1 Å². The highest BCUT2D eigenvalue weighted by Crippen LogP contribution is 2.30. The molecule has 1 unspecified atom stereocenters. The Morgan fingerprint density at radius 1 is 0.851 bits per heavy atom. The average Bonchev–Trinajstić information content (AvgIpc) is 3.53. The molecule has 2 rings (SSSR count). The van der Waals surface area contributed by atoms with Crippen molar-refractivity contribution in [3.63, 3.8) is 0 Å². The molecule has 0 spiro atoms. The lowest BCUT2D eigenvalue weighted by Crippen LogP contribution is -2.49. The summed E-state index contributed by atoms with van der Waals surface area (Å²) >= 11 is 1.12. The minimum Gasteiger partial charge on any atom is -0.475 e. The number of likely N-dealkylation sites (N-methyl/N-ethyl adjacent to an activating group) is 1. The molecule has 1 aromatic heterocycles. The van der Waals surface area contributed by atoms with E-state index in [1.807, 2.05) is 33.0 Å². The molecule has 13 heteroatoms. The maximum atomic E-state index is 12.6. The first kappa shape index (κ1) is 39.6. The van der Waals surface area contributed by atoms with Crippen LogP contribution in [0, 0.1) is 0 Å². The van der Waals surface area contributed by atoms with Crippen molar-refractivity contribution in [2.24, 2.45) is 0 Å². The number of esters is 4. The molecule has 12 nitrogen and oxygen atoms in total. The number of hydrogen-bond donors (Lipinski definition) is 0. The van der Waals surface area contributed by atoms with Gasteiger partial charge in [0.15, 0.2) is 6.10 Å². The zero-order valence-corrected chi connectivity index (χ0v) is 29.2. The first-order chi connectivity index (χ1) is 22.7. The van der Waals surface area contributed by atoms with E-state index in [0.29, 0.717) is 23.5 Å². The lowest BCUT2D eigenvalue weighted by molar-refractivity contribution is -0.919. The van der Waals surface area contributed by atoms with Gasteiger partial charge in [-0.1, -0.05) is 70.4 Å². The van der Waals surface area contributed by atoms with Crippen molar-refractivity contribution in [3.05, 3.63) is 36.1 Å². The maximum absolute atomic E-state index is 12.6. The standard InChI is InChI=1S/C34H52N3O9S/c1-5-8-11-14-22-42-34-33(35-47-36-34)27-16-15-21-37(4,23-27)26-45-31(40)19-20-32(41)46-28(24-43-29(38)17-12-9-6-2)25-44-30(39)18-13-10-7-3/h9-10,12-13,16,28H,5-8,11,14-15,17-26H2,1-4H3/q+1/b12-9-,13-10-. The fourth-order valence-electron chi connectivity index (χ4n) is 4.60. The molecule has 47 heavy (non-hydrogen) atoms. The molecule has 1 atom stereocenters. The second-order valence-electron chi connectivity index (χ2n) is 11.6. The largest absolute Gasteiger partial charge is 0.475 e. The van der Waals surface area contributed by atoms with Gasteiger partial charge in [-0.2, -0.15) is 4.37 Å². The van der Waals surface area contributed by atoms with E-state index in [2.05, 4.69) is 21.7 Å². The van der Waals surface area contributed by atoms with Crippen LogP contribution in [0.15, 0.2) is 30.4 Å². The SMILES string of the molecule is CC/C=C\CC(=O)OCC(COC(=O)C/C=C\CC)OC(=O)CCC(=O)OC[N+]1(C)CCC=C(c2nsnc2OCCCCCC)C1. The number of carbonyl (C=O) groups excluding carboxylic acids is 4. The predicted octanol–water partition coefficient (Wildman–Crippen LogP) is 5.72. The van der Waals surface area contributed by atoms with Gasteiger partial charge in [0.05, 0.1) is 57.6 Å². The number of rotatable bonds is 23. The molecule has 0 saturated heterocycles.